The van der Waals surface area contributed by atoms with E-state index in [0.29, 0.717) is 18.2 Å². The van der Waals surface area contributed by atoms with Gasteiger partial charge in [-0.25, -0.2) is 4.98 Å². The highest BCUT2D eigenvalue weighted by Gasteiger charge is 2.23. The molecule has 2 N–H and O–H groups in total. The van der Waals surface area contributed by atoms with Crippen LogP contribution in [-0.2, 0) is 20.1 Å². The van der Waals surface area contributed by atoms with Gasteiger partial charge in [-0.3, -0.25) is 9.36 Å². The molecule has 4 heterocycles. The lowest BCUT2D eigenvalue weighted by atomic mass is 10.2. The third-order valence-corrected chi connectivity index (χ3v) is 4.63. The number of nitrogens with one attached hydrogen (secondary N) is 1. The number of aliphatic hydroxyl groups is 1. The van der Waals surface area contributed by atoms with Gasteiger partial charge < -0.3 is 15.3 Å². The monoisotopic (exact) mass is 354 g/mol. The van der Waals surface area contributed by atoms with Gasteiger partial charge in [0.15, 0.2) is 0 Å². The van der Waals surface area contributed by atoms with Gasteiger partial charge in [0.25, 0.3) is 0 Å². The summed E-state index contributed by atoms with van der Waals surface area (Å²) in [4.78, 5) is 11.1. The van der Waals surface area contributed by atoms with Crippen LogP contribution in [0, 0.1) is 0 Å². The Kier molecular flexibility index (Phi) is 4.29. The van der Waals surface area contributed by atoms with Gasteiger partial charge in [-0.1, -0.05) is 0 Å². The molecule has 4 rings (SSSR count). The van der Waals surface area contributed by atoms with Crippen LogP contribution in [0.2, 0.25) is 0 Å². The first-order valence-corrected chi connectivity index (χ1v) is 8.64. The Balaban J connectivity index is 1.60. The van der Waals surface area contributed by atoms with E-state index in [2.05, 4.69) is 30.4 Å². The molecule has 1 aliphatic rings. The van der Waals surface area contributed by atoms with Gasteiger partial charge in [-0.2, -0.15) is 15.2 Å². The number of rotatable bonds is 4. The SMILES string of the molecule is CNc1ccnc(N2CCCn3nc([C@@H](O)c4ccnn4C)cc3C2)n1. The maximum absolute atomic E-state index is 10.6. The summed E-state index contributed by atoms with van der Waals surface area (Å²) in [6, 6.07) is 5.60. The van der Waals surface area contributed by atoms with Gasteiger partial charge in [0, 0.05) is 39.6 Å². The summed E-state index contributed by atoms with van der Waals surface area (Å²) >= 11 is 0. The van der Waals surface area contributed by atoms with Crippen molar-refractivity contribution in [2.75, 3.05) is 23.8 Å². The molecular formula is C17H22N8O. The molecule has 0 unspecified atom stereocenters. The normalized spacial score (nSPS) is 15.4. The molecular weight excluding hydrogens is 332 g/mol. The van der Waals surface area contributed by atoms with Crippen LogP contribution in [0.25, 0.3) is 0 Å². The minimum absolute atomic E-state index is 0.635. The first-order valence-electron chi connectivity index (χ1n) is 8.64. The molecule has 1 aliphatic heterocycles. The van der Waals surface area contributed by atoms with E-state index in [1.807, 2.05) is 30.9 Å². The minimum Gasteiger partial charge on any atom is -0.380 e. The molecule has 9 heteroatoms. The molecule has 136 valence electrons. The second kappa shape index (κ2) is 6.75. The van der Waals surface area contributed by atoms with Crippen molar-refractivity contribution in [2.24, 2.45) is 7.05 Å². The fourth-order valence-electron chi connectivity index (χ4n) is 3.23. The number of anilines is 2. The zero-order valence-corrected chi connectivity index (χ0v) is 14.9. The van der Waals surface area contributed by atoms with Crippen LogP contribution in [0.5, 0.6) is 0 Å². The number of hydrogen-bond acceptors (Lipinski definition) is 7. The van der Waals surface area contributed by atoms with Gasteiger partial charge >= 0.3 is 0 Å². The van der Waals surface area contributed by atoms with Crippen molar-refractivity contribution in [1.82, 2.24) is 29.5 Å². The Bertz CT molecular complexity index is 902. The maximum Gasteiger partial charge on any atom is 0.227 e. The molecule has 0 aliphatic carbocycles. The lowest BCUT2D eigenvalue weighted by Gasteiger charge is -2.20. The van der Waals surface area contributed by atoms with E-state index in [-0.39, 0.29) is 0 Å². The molecule has 0 radical (unpaired) electrons. The first kappa shape index (κ1) is 16.5. The summed E-state index contributed by atoms with van der Waals surface area (Å²) in [5, 5.41) is 22.4. The van der Waals surface area contributed by atoms with Crippen LogP contribution in [0.15, 0.2) is 30.6 Å². The van der Waals surface area contributed by atoms with Gasteiger partial charge in [-0.15, -0.1) is 0 Å². The molecule has 0 bridgehead atoms. The summed E-state index contributed by atoms with van der Waals surface area (Å²) in [5.74, 6) is 1.49. The summed E-state index contributed by atoms with van der Waals surface area (Å²) in [5.41, 5.74) is 2.40. The van der Waals surface area contributed by atoms with Crippen molar-refractivity contribution >= 4 is 11.8 Å². The highest BCUT2D eigenvalue weighted by molar-refractivity contribution is 5.41. The van der Waals surface area contributed by atoms with Crippen LogP contribution in [0.1, 0.15) is 29.6 Å². The third kappa shape index (κ3) is 3.01. The van der Waals surface area contributed by atoms with Crippen LogP contribution in [0.4, 0.5) is 11.8 Å². The Morgan fingerprint density at radius 3 is 2.88 bits per heavy atom. The second-order valence-electron chi connectivity index (χ2n) is 6.33. The van der Waals surface area contributed by atoms with E-state index in [0.717, 1.165) is 36.7 Å². The van der Waals surface area contributed by atoms with Crippen LogP contribution < -0.4 is 10.2 Å². The number of nitrogens with zero attached hydrogens (tertiary/aromatic N) is 7. The average Bonchev–Trinajstić information content (AvgIpc) is 3.21. The largest absolute Gasteiger partial charge is 0.380 e. The average molecular weight is 354 g/mol. The lowest BCUT2D eigenvalue weighted by molar-refractivity contribution is 0.203. The van der Waals surface area contributed by atoms with E-state index >= 15 is 0 Å². The van der Waals surface area contributed by atoms with Crippen molar-refractivity contribution in [3.63, 3.8) is 0 Å². The van der Waals surface area contributed by atoms with E-state index in [1.54, 1.807) is 23.1 Å². The van der Waals surface area contributed by atoms with Crippen molar-refractivity contribution in [1.29, 1.82) is 0 Å². The van der Waals surface area contributed by atoms with E-state index in [4.69, 9.17) is 0 Å². The van der Waals surface area contributed by atoms with E-state index < -0.39 is 6.10 Å². The van der Waals surface area contributed by atoms with E-state index in [1.165, 1.54) is 0 Å². The fourth-order valence-corrected chi connectivity index (χ4v) is 3.23. The summed E-state index contributed by atoms with van der Waals surface area (Å²) < 4.78 is 3.63. The van der Waals surface area contributed by atoms with Crippen molar-refractivity contribution < 1.29 is 5.11 Å². The minimum atomic E-state index is -0.792. The Morgan fingerprint density at radius 1 is 1.23 bits per heavy atom. The fraction of sp³-hybridized carbons (Fsp3) is 0.412. The number of aliphatic hydroxyl groups excluding tert-OH is 1. The quantitative estimate of drug-likeness (QED) is 0.720. The van der Waals surface area contributed by atoms with Crippen LogP contribution in [0.3, 0.4) is 0 Å². The van der Waals surface area contributed by atoms with Crippen LogP contribution in [-0.4, -0.2) is 48.2 Å². The zero-order chi connectivity index (χ0) is 18.1. The van der Waals surface area contributed by atoms with Crippen molar-refractivity contribution in [3.8, 4) is 0 Å². The molecule has 0 saturated carbocycles. The molecule has 9 nitrogen and oxygen atoms in total. The third-order valence-electron chi connectivity index (χ3n) is 4.63. The molecule has 26 heavy (non-hydrogen) atoms. The Morgan fingerprint density at radius 2 is 2.12 bits per heavy atom. The predicted octanol–water partition coefficient (Wildman–Crippen LogP) is 0.940. The van der Waals surface area contributed by atoms with Gasteiger partial charge in [0.2, 0.25) is 5.95 Å². The first-order chi connectivity index (χ1) is 12.7. The Labute approximate surface area is 151 Å². The standard InChI is InChI=1S/C17H22N8O/c1-18-15-5-6-19-17(21-15)24-8-3-9-25-12(11-24)10-13(22-25)16(26)14-4-7-20-23(14)2/h4-7,10,16,26H,3,8-9,11H2,1-2H3,(H,18,19,21)/t16-/m1/s1. The van der Waals surface area contributed by atoms with Crippen molar-refractivity contribution in [2.45, 2.75) is 25.6 Å². The summed E-state index contributed by atoms with van der Waals surface area (Å²) in [7, 11) is 3.66. The molecule has 0 fully saturated rings. The zero-order valence-electron chi connectivity index (χ0n) is 14.9. The summed E-state index contributed by atoms with van der Waals surface area (Å²) in [6.45, 7) is 2.31. The molecule has 0 aromatic carbocycles. The smallest absolute Gasteiger partial charge is 0.227 e. The molecule has 0 saturated heterocycles. The highest BCUT2D eigenvalue weighted by Crippen LogP contribution is 2.24. The van der Waals surface area contributed by atoms with Gasteiger partial charge in [-0.05, 0) is 24.6 Å². The van der Waals surface area contributed by atoms with Crippen LogP contribution >= 0.6 is 0 Å². The molecule has 0 amide bonds. The molecule has 0 spiro atoms. The number of aryl methyl sites for hydroxylation is 2. The second-order valence-corrected chi connectivity index (χ2v) is 6.33. The van der Waals surface area contributed by atoms with Gasteiger partial charge in [0.05, 0.1) is 23.6 Å². The molecule has 1 atom stereocenters. The topological polar surface area (TPSA) is 96.9 Å². The van der Waals surface area contributed by atoms with Crippen molar-refractivity contribution in [3.05, 3.63) is 47.7 Å². The summed E-state index contributed by atoms with van der Waals surface area (Å²) in [6.07, 6.45) is 3.57. The molecule has 3 aromatic rings. The van der Waals surface area contributed by atoms with Gasteiger partial charge in [0.1, 0.15) is 11.9 Å². The number of aromatic nitrogens is 6. The highest BCUT2D eigenvalue weighted by atomic mass is 16.3. The lowest BCUT2D eigenvalue weighted by Crippen LogP contribution is -2.24. The predicted molar refractivity (Wildman–Crippen MR) is 96.7 cm³/mol. The molecule has 3 aromatic heterocycles. The van der Waals surface area contributed by atoms with E-state index in [9.17, 15) is 5.11 Å². The number of hydrogen-bond donors (Lipinski definition) is 2. The Hall–Kier alpha value is -2.94. The number of fused-ring (bicyclic) bond motifs is 1. The maximum atomic E-state index is 10.6.